The molecule has 0 unspecified atom stereocenters. The van der Waals surface area contributed by atoms with E-state index in [0.717, 1.165) is 32.1 Å². The van der Waals surface area contributed by atoms with Crippen molar-refractivity contribution in [2.75, 3.05) is 11.5 Å². The van der Waals surface area contributed by atoms with Crippen molar-refractivity contribution in [3.63, 3.8) is 0 Å². The molecule has 6 nitrogen and oxygen atoms in total. The summed E-state index contributed by atoms with van der Waals surface area (Å²) in [4.78, 5) is 25.3. The van der Waals surface area contributed by atoms with Gasteiger partial charge in [0, 0.05) is 11.4 Å². The van der Waals surface area contributed by atoms with E-state index in [4.69, 9.17) is 20.9 Å². The van der Waals surface area contributed by atoms with Gasteiger partial charge in [0.25, 0.3) is 0 Å². The molecule has 0 saturated carbocycles. The van der Waals surface area contributed by atoms with Crippen LogP contribution in [-0.2, 0) is 9.59 Å². The van der Waals surface area contributed by atoms with Crippen molar-refractivity contribution in [1.82, 2.24) is 0 Å². The zero-order valence-electron chi connectivity index (χ0n) is 16.2. The summed E-state index contributed by atoms with van der Waals surface area (Å²) >= 11 is 0. The minimum atomic E-state index is -0.989. The lowest BCUT2D eigenvalue weighted by Gasteiger charge is -2.15. The van der Waals surface area contributed by atoms with Gasteiger partial charge in [0.15, 0.2) is 5.92 Å². The van der Waals surface area contributed by atoms with Crippen LogP contribution in [0.25, 0.3) is 0 Å². The Kier molecular flexibility index (Phi) is 8.34. The van der Waals surface area contributed by atoms with Crippen LogP contribution in [0.3, 0.4) is 0 Å². The zero-order chi connectivity index (χ0) is 20.4. The first kappa shape index (κ1) is 21.3. The Labute approximate surface area is 165 Å². The number of hydrogen-bond donors (Lipinski definition) is 2. The Morgan fingerprint density at radius 1 is 0.750 bits per heavy atom. The minimum Gasteiger partial charge on any atom is -0.426 e. The summed E-state index contributed by atoms with van der Waals surface area (Å²) in [6.07, 6.45) is 5.42. The largest absolute Gasteiger partial charge is 0.426 e. The fraction of sp³-hybridized carbons (Fsp3) is 0.364. The van der Waals surface area contributed by atoms with E-state index in [1.54, 1.807) is 48.5 Å². The van der Waals surface area contributed by atoms with Gasteiger partial charge in [-0.05, 0) is 55.0 Å². The second-order valence-corrected chi connectivity index (χ2v) is 6.74. The van der Waals surface area contributed by atoms with Crippen molar-refractivity contribution in [1.29, 1.82) is 0 Å². The predicted octanol–water partition coefficient (Wildman–Crippen LogP) is 4.34. The van der Waals surface area contributed by atoms with E-state index in [1.165, 1.54) is 0 Å². The van der Waals surface area contributed by atoms with Crippen LogP contribution in [0.2, 0.25) is 0 Å². The molecule has 2 aromatic rings. The van der Waals surface area contributed by atoms with Crippen LogP contribution >= 0.6 is 0 Å². The number of nitrogen functional groups attached to an aromatic ring is 2. The van der Waals surface area contributed by atoms with E-state index in [9.17, 15) is 9.59 Å². The number of anilines is 2. The monoisotopic (exact) mass is 384 g/mol. The fourth-order valence-corrected chi connectivity index (χ4v) is 2.73. The van der Waals surface area contributed by atoms with E-state index in [2.05, 4.69) is 6.92 Å². The third-order valence-corrected chi connectivity index (χ3v) is 4.36. The van der Waals surface area contributed by atoms with Gasteiger partial charge in [-0.25, -0.2) is 0 Å². The molecule has 0 amide bonds. The summed E-state index contributed by atoms with van der Waals surface area (Å²) in [7, 11) is 0. The van der Waals surface area contributed by atoms with E-state index in [-0.39, 0.29) is 0 Å². The maximum Gasteiger partial charge on any atom is 0.325 e. The van der Waals surface area contributed by atoms with Crippen LogP contribution in [0, 0.1) is 5.92 Å². The number of carbonyl (C=O) groups excluding carboxylic acids is 2. The first-order valence-corrected chi connectivity index (χ1v) is 9.64. The van der Waals surface area contributed by atoms with Gasteiger partial charge in [0.05, 0.1) is 0 Å². The molecule has 0 saturated heterocycles. The molecule has 0 bridgehead atoms. The summed E-state index contributed by atoms with van der Waals surface area (Å²) < 4.78 is 10.7. The van der Waals surface area contributed by atoms with Crippen molar-refractivity contribution >= 4 is 23.3 Å². The second-order valence-electron chi connectivity index (χ2n) is 6.74. The first-order valence-electron chi connectivity index (χ1n) is 9.64. The van der Waals surface area contributed by atoms with Crippen molar-refractivity contribution in [2.24, 2.45) is 5.92 Å². The van der Waals surface area contributed by atoms with Crippen molar-refractivity contribution < 1.29 is 19.1 Å². The smallest absolute Gasteiger partial charge is 0.325 e. The molecule has 2 aromatic carbocycles. The van der Waals surface area contributed by atoms with Crippen LogP contribution in [0.15, 0.2) is 48.5 Å². The van der Waals surface area contributed by atoms with Gasteiger partial charge in [-0.1, -0.05) is 39.0 Å². The number of unbranched alkanes of at least 4 members (excludes halogenated alkanes) is 4. The molecule has 6 heteroatoms. The van der Waals surface area contributed by atoms with Gasteiger partial charge in [-0.3, -0.25) is 9.59 Å². The number of nitrogens with two attached hydrogens (primary N) is 2. The molecule has 2 rings (SSSR count). The molecule has 0 aliphatic carbocycles. The van der Waals surface area contributed by atoms with E-state index < -0.39 is 17.9 Å². The molecule has 0 atom stereocenters. The highest BCUT2D eigenvalue weighted by Gasteiger charge is 2.30. The summed E-state index contributed by atoms with van der Waals surface area (Å²) in [5.74, 6) is -1.55. The molecular weight excluding hydrogens is 356 g/mol. The predicted molar refractivity (Wildman–Crippen MR) is 110 cm³/mol. The number of esters is 2. The molecule has 28 heavy (non-hydrogen) atoms. The molecule has 0 aliphatic heterocycles. The van der Waals surface area contributed by atoms with Gasteiger partial charge in [0.1, 0.15) is 11.5 Å². The molecule has 0 fully saturated rings. The third kappa shape index (κ3) is 6.95. The number of ether oxygens (including phenoxy) is 2. The molecule has 0 aliphatic rings. The Balaban J connectivity index is 2.03. The van der Waals surface area contributed by atoms with E-state index >= 15 is 0 Å². The Bertz CT molecular complexity index is 698. The highest BCUT2D eigenvalue weighted by Crippen LogP contribution is 2.21. The topological polar surface area (TPSA) is 105 Å². The summed E-state index contributed by atoms with van der Waals surface area (Å²) in [6.45, 7) is 2.14. The van der Waals surface area contributed by atoms with Gasteiger partial charge < -0.3 is 20.9 Å². The average Bonchev–Trinajstić information content (AvgIpc) is 2.68. The average molecular weight is 384 g/mol. The quantitative estimate of drug-likeness (QED) is 0.208. The van der Waals surface area contributed by atoms with Crippen LogP contribution < -0.4 is 20.9 Å². The van der Waals surface area contributed by atoms with Gasteiger partial charge in [0.2, 0.25) is 0 Å². The maximum absolute atomic E-state index is 12.6. The summed E-state index contributed by atoms with van der Waals surface area (Å²) in [5.41, 5.74) is 12.4. The van der Waals surface area contributed by atoms with Crippen molar-refractivity contribution in [2.45, 2.75) is 45.4 Å². The molecule has 0 aromatic heterocycles. The number of hydrogen-bond acceptors (Lipinski definition) is 6. The Morgan fingerprint density at radius 3 is 1.61 bits per heavy atom. The minimum absolute atomic E-state index is 0.343. The van der Waals surface area contributed by atoms with Crippen LogP contribution in [0.1, 0.15) is 45.4 Å². The van der Waals surface area contributed by atoms with Gasteiger partial charge in [-0.15, -0.1) is 0 Å². The normalized spacial score (nSPS) is 10.6. The molecule has 0 spiro atoms. The van der Waals surface area contributed by atoms with Gasteiger partial charge >= 0.3 is 11.9 Å². The van der Waals surface area contributed by atoms with Gasteiger partial charge in [-0.2, -0.15) is 0 Å². The second kappa shape index (κ2) is 11.0. The molecule has 0 radical (unpaired) electrons. The van der Waals surface area contributed by atoms with Crippen molar-refractivity contribution in [3.8, 4) is 11.5 Å². The zero-order valence-corrected chi connectivity index (χ0v) is 16.2. The van der Waals surface area contributed by atoms with Crippen LogP contribution in [-0.4, -0.2) is 11.9 Å². The van der Waals surface area contributed by atoms with Crippen molar-refractivity contribution in [3.05, 3.63) is 48.5 Å². The lowest BCUT2D eigenvalue weighted by Crippen LogP contribution is -2.31. The molecule has 0 heterocycles. The van der Waals surface area contributed by atoms with E-state index in [0.29, 0.717) is 29.3 Å². The molecule has 150 valence electrons. The Morgan fingerprint density at radius 2 is 1.18 bits per heavy atom. The fourth-order valence-electron chi connectivity index (χ4n) is 2.73. The first-order chi connectivity index (χ1) is 13.5. The Hall–Kier alpha value is -3.02. The SMILES string of the molecule is CCCCCCCC(C(=O)Oc1ccc(N)cc1)C(=O)Oc1ccc(N)cc1. The number of carbonyl (C=O) groups is 2. The summed E-state index contributed by atoms with van der Waals surface area (Å²) in [5, 5.41) is 0. The lowest BCUT2D eigenvalue weighted by atomic mass is 10.0. The highest BCUT2D eigenvalue weighted by molar-refractivity contribution is 5.96. The highest BCUT2D eigenvalue weighted by atomic mass is 16.6. The maximum atomic E-state index is 12.6. The number of benzene rings is 2. The standard InChI is InChI=1S/C22H28N2O4/c1-2-3-4-5-6-7-20(21(25)27-18-12-8-16(23)9-13-18)22(26)28-19-14-10-17(24)11-15-19/h8-15,20H,2-7,23-24H2,1H3. The third-order valence-electron chi connectivity index (χ3n) is 4.36. The van der Waals surface area contributed by atoms with Crippen LogP contribution in [0.5, 0.6) is 11.5 Å². The lowest BCUT2D eigenvalue weighted by molar-refractivity contribution is -0.151. The molecular formula is C22H28N2O4. The summed E-state index contributed by atoms with van der Waals surface area (Å²) in [6, 6.07) is 12.9. The van der Waals surface area contributed by atoms with E-state index in [1.807, 2.05) is 0 Å². The molecule has 4 N–H and O–H groups in total. The number of rotatable bonds is 10. The van der Waals surface area contributed by atoms with Crippen LogP contribution in [0.4, 0.5) is 11.4 Å².